The molecule has 2 heterocycles. The predicted molar refractivity (Wildman–Crippen MR) is 100 cm³/mol. The van der Waals surface area contributed by atoms with Crippen molar-refractivity contribution in [2.45, 2.75) is 12.7 Å². The van der Waals surface area contributed by atoms with E-state index < -0.39 is 23.6 Å². The maximum Gasteiger partial charge on any atom is 0.416 e. The van der Waals surface area contributed by atoms with Crippen LogP contribution in [0.4, 0.5) is 18.9 Å². The van der Waals surface area contributed by atoms with E-state index in [2.05, 4.69) is 20.4 Å². The highest BCUT2D eigenvalue weighted by Gasteiger charge is 2.32. The van der Waals surface area contributed by atoms with Gasteiger partial charge < -0.3 is 10.2 Å². The molecule has 0 aliphatic heterocycles. The van der Waals surface area contributed by atoms with Gasteiger partial charge in [0.2, 0.25) is 0 Å². The highest BCUT2D eigenvalue weighted by Crippen LogP contribution is 2.32. The van der Waals surface area contributed by atoms with Crippen molar-refractivity contribution in [3.63, 3.8) is 0 Å². The van der Waals surface area contributed by atoms with Gasteiger partial charge in [0, 0.05) is 56.0 Å². The minimum absolute atomic E-state index is 0.0662. The van der Waals surface area contributed by atoms with Gasteiger partial charge in [-0.05, 0) is 18.2 Å². The van der Waals surface area contributed by atoms with Crippen LogP contribution in [-0.4, -0.2) is 43.5 Å². The first kappa shape index (κ1) is 21.0. The molecule has 3 rings (SSSR count). The molecule has 8 nitrogen and oxygen atoms in total. The maximum atomic E-state index is 13.4. The van der Waals surface area contributed by atoms with Gasteiger partial charge in [-0.25, -0.2) is 9.97 Å². The first-order valence-electron chi connectivity index (χ1n) is 8.65. The van der Waals surface area contributed by atoms with Gasteiger partial charge in [-0.15, -0.1) is 0 Å². The van der Waals surface area contributed by atoms with Crippen molar-refractivity contribution in [3.8, 4) is 0 Å². The molecule has 2 amide bonds. The summed E-state index contributed by atoms with van der Waals surface area (Å²) in [5.41, 5.74) is -0.648. The van der Waals surface area contributed by atoms with E-state index in [1.807, 2.05) is 0 Å². The van der Waals surface area contributed by atoms with Gasteiger partial charge in [-0.2, -0.15) is 18.3 Å². The Kier molecular flexibility index (Phi) is 5.81. The van der Waals surface area contributed by atoms with E-state index in [9.17, 15) is 22.8 Å². The van der Waals surface area contributed by atoms with E-state index in [1.54, 1.807) is 24.1 Å². The number of hydrogen-bond acceptors (Lipinski definition) is 5. The second-order valence-electron chi connectivity index (χ2n) is 6.56. The number of rotatable bonds is 5. The monoisotopic (exact) mass is 418 g/mol. The topological polar surface area (TPSA) is 93.0 Å². The SMILES string of the molecule is CN(Cc1cnn(C)c1)C(=O)c1cc(NC(=O)c2cncnc2)cc(C(F)(F)F)c1. The zero-order valence-corrected chi connectivity index (χ0v) is 16.0. The summed E-state index contributed by atoms with van der Waals surface area (Å²) in [6.07, 6.45) is 2.23. The molecule has 0 aliphatic rings. The molecule has 0 radical (unpaired) electrons. The lowest BCUT2D eigenvalue weighted by Gasteiger charge is -2.18. The molecule has 2 aromatic heterocycles. The van der Waals surface area contributed by atoms with Gasteiger partial charge in [0.15, 0.2) is 0 Å². The number of halogens is 3. The van der Waals surface area contributed by atoms with Crippen LogP contribution < -0.4 is 5.32 Å². The second-order valence-corrected chi connectivity index (χ2v) is 6.56. The minimum atomic E-state index is -4.70. The fourth-order valence-corrected chi connectivity index (χ4v) is 2.73. The average Bonchev–Trinajstić information content (AvgIpc) is 3.11. The summed E-state index contributed by atoms with van der Waals surface area (Å²) in [5.74, 6) is -1.33. The molecule has 0 fully saturated rings. The summed E-state index contributed by atoms with van der Waals surface area (Å²) in [4.78, 5) is 33.7. The van der Waals surface area contributed by atoms with Gasteiger partial charge in [0.1, 0.15) is 6.33 Å². The van der Waals surface area contributed by atoms with Gasteiger partial charge in [-0.1, -0.05) is 0 Å². The lowest BCUT2D eigenvalue weighted by Crippen LogP contribution is -2.26. The van der Waals surface area contributed by atoms with Crippen LogP contribution in [-0.2, 0) is 19.8 Å². The van der Waals surface area contributed by atoms with Crippen molar-refractivity contribution in [3.05, 3.63) is 71.6 Å². The molecule has 3 aromatic rings. The molecule has 1 aromatic carbocycles. The Morgan fingerprint density at radius 1 is 1.10 bits per heavy atom. The van der Waals surface area contributed by atoms with Crippen LogP contribution in [0.1, 0.15) is 31.8 Å². The predicted octanol–water partition coefficient (Wildman–Crippen LogP) is 2.75. The van der Waals surface area contributed by atoms with Crippen molar-refractivity contribution >= 4 is 17.5 Å². The van der Waals surface area contributed by atoms with Crippen molar-refractivity contribution in [2.75, 3.05) is 12.4 Å². The average molecular weight is 418 g/mol. The van der Waals surface area contributed by atoms with Crippen LogP contribution in [0, 0.1) is 0 Å². The van der Waals surface area contributed by atoms with E-state index in [4.69, 9.17) is 0 Å². The Labute approximate surface area is 169 Å². The number of benzene rings is 1. The lowest BCUT2D eigenvalue weighted by atomic mass is 10.1. The smallest absolute Gasteiger partial charge is 0.337 e. The number of alkyl halides is 3. The van der Waals surface area contributed by atoms with Crippen molar-refractivity contribution < 1.29 is 22.8 Å². The third-order valence-electron chi connectivity index (χ3n) is 4.11. The second kappa shape index (κ2) is 8.31. The first-order chi connectivity index (χ1) is 14.1. The normalized spacial score (nSPS) is 11.2. The number of carbonyl (C=O) groups excluding carboxylic acids is 2. The third kappa shape index (κ3) is 4.99. The van der Waals surface area contributed by atoms with Crippen LogP contribution >= 0.6 is 0 Å². The molecule has 0 atom stereocenters. The number of amides is 2. The molecule has 30 heavy (non-hydrogen) atoms. The number of nitrogens with one attached hydrogen (secondary N) is 1. The number of carbonyl (C=O) groups is 2. The Hall–Kier alpha value is -3.76. The van der Waals surface area contributed by atoms with Crippen LogP contribution in [0.5, 0.6) is 0 Å². The van der Waals surface area contributed by atoms with Gasteiger partial charge in [0.05, 0.1) is 17.3 Å². The van der Waals surface area contributed by atoms with Gasteiger partial charge >= 0.3 is 6.18 Å². The molecule has 0 spiro atoms. The van der Waals surface area contributed by atoms with Crippen molar-refractivity contribution in [1.29, 1.82) is 0 Å². The van der Waals surface area contributed by atoms with Crippen molar-refractivity contribution in [1.82, 2.24) is 24.6 Å². The standard InChI is InChI=1S/C19H17F3N6O2/c1-27(9-12-6-25-28(2)10-12)18(30)13-3-15(19(20,21)22)5-16(4-13)26-17(29)14-7-23-11-24-8-14/h3-8,10-11H,9H2,1-2H3,(H,26,29). The fourth-order valence-electron chi connectivity index (χ4n) is 2.73. The number of nitrogens with zero attached hydrogens (tertiary/aromatic N) is 5. The largest absolute Gasteiger partial charge is 0.416 e. The molecule has 1 N–H and O–H groups in total. The zero-order valence-electron chi connectivity index (χ0n) is 16.0. The summed E-state index contributed by atoms with van der Waals surface area (Å²) >= 11 is 0. The Morgan fingerprint density at radius 3 is 2.40 bits per heavy atom. The fraction of sp³-hybridized carbons (Fsp3) is 0.211. The summed E-state index contributed by atoms with van der Waals surface area (Å²) in [6, 6.07) is 2.71. The summed E-state index contributed by atoms with van der Waals surface area (Å²) in [7, 11) is 3.18. The highest BCUT2D eigenvalue weighted by atomic mass is 19.4. The summed E-state index contributed by atoms with van der Waals surface area (Å²) in [5, 5.41) is 6.35. The molecule has 0 saturated heterocycles. The van der Waals surface area contributed by atoms with Crippen LogP contribution in [0.15, 0.2) is 49.3 Å². The van der Waals surface area contributed by atoms with E-state index in [1.165, 1.54) is 36.7 Å². The number of anilines is 1. The Morgan fingerprint density at radius 2 is 1.80 bits per heavy atom. The van der Waals surface area contributed by atoms with Crippen LogP contribution in [0.3, 0.4) is 0 Å². The van der Waals surface area contributed by atoms with E-state index >= 15 is 0 Å². The Balaban J connectivity index is 1.88. The van der Waals surface area contributed by atoms with Crippen molar-refractivity contribution in [2.24, 2.45) is 7.05 Å². The van der Waals surface area contributed by atoms with Gasteiger partial charge in [0.25, 0.3) is 11.8 Å². The molecular weight excluding hydrogens is 401 g/mol. The molecular formula is C19H17F3N6O2. The molecule has 0 bridgehead atoms. The minimum Gasteiger partial charge on any atom is -0.337 e. The number of hydrogen-bond donors (Lipinski definition) is 1. The lowest BCUT2D eigenvalue weighted by molar-refractivity contribution is -0.137. The van der Waals surface area contributed by atoms with Crippen LogP contribution in [0.25, 0.3) is 0 Å². The summed E-state index contributed by atoms with van der Waals surface area (Å²) < 4.78 is 41.6. The number of aryl methyl sites for hydroxylation is 1. The van der Waals surface area contributed by atoms with E-state index in [0.717, 1.165) is 17.7 Å². The first-order valence-corrected chi connectivity index (χ1v) is 8.65. The molecule has 0 saturated carbocycles. The van der Waals surface area contributed by atoms with E-state index in [0.29, 0.717) is 0 Å². The molecule has 0 aliphatic carbocycles. The quantitative estimate of drug-likeness (QED) is 0.688. The van der Waals surface area contributed by atoms with Gasteiger partial charge in [-0.3, -0.25) is 14.3 Å². The number of aromatic nitrogens is 4. The Bertz CT molecular complexity index is 1070. The third-order valence-corrected chi connectivity index (χ3v) is 4.11. The van der Waals surface area contributed by atoms with Crippen LogP contribution in [0.2, 0.25) is 0 Å². The molecule has 0 unspecified atom stereocenters. The highest BCUT2D eigenvalue weighted by molar-refractivity contribution is 6.04. The molecule has 156 valence electrons. The zero-order chi connectivity index (χ0) is 21.9. The summed E-state index contributed by atoms with van der Waals surface area (Å²) in [6.45, 7) is 0.159. The maximum absolute atomic E-state index is 13.4. The van der Waals surface area contributed by atoms with E-state index in [-0.39, 0.29) is 23.4 Å². The molecule has 11 heteroatoms.